The molecule has 7 heteroatoms. The lowest BCUT2D eigenvalue weighted by molar-refractivity contribution is -0.147. The maximum atomic E-state index is 11.3. The van der Waals surface area contributed by atoms with E-state index in [1.807, 2.05) is 0 Å². The van der Waals surface area contributed by atoms with E-state index in [0.717, 1.165) is 6.92 Å². The second-order valence-corrected chi connectivity index (χ2v) is 4.13. The molecule has 16 heavy (non-hydrogen) atoms. The third-order valence-corrected chi connectivity index (χ3v) is 2.32. The van der Waals surface area contributed by atoms with Crippen LogP contribution >= 0.6 is 7.82 Å². The van der Waals surface area contributed by atoms with Crippen molar-refractivity contribution in [3.8, 4) is 5.75 Å². The van der Waals surface area contributed by atoms with Gasteiger partial charge in [-0.15, -0.1) is 0 Å². The number of esters is 1. The summed E-state index contributed by atoms with van der Waals surface area (Å²) >= 11 is 0. The van der Waals surface area contributed by atoms with Crippen LogP contribution in [-0.2, 0) is 18.6 Å². The van der Waals surface area contributed by atoms with Crippen molar-refractivity contribution >= 4 is 13.8 Å². The van der Waals surface area contributed by atoms with Gasteiger partial charge in [-0.1, -0.05) is 18.2 Å². The average Bonchev–Trinajstić information content (AvgIpc) is 2.17. The zero-order valence-corrected chi connectivity index (χ0v) is 9.42. The number of benzene rings is 1. The lowest BCUT2D eigenvalue weighted by Gasteiger charge is -2.12. The first-order valence-corrected chi connectivity index (χ1v) is 5.84. The number of para-hydroxylation sites is 1. The molecule has 0 saturated carbocycles. The molecule has 0 aliphatic carbocycles. The molecular weight excluding hydrogens is 235 g/mol. The molecule has 0 aromatic heterocycles. The van der Waals surface area contributed by atoms with Crippen molar-refractivity contribution in [2.24, 2.45) is 0 Å². The minimum Gasteiger partial charge on any atom is -0.438 e. The van der Waals surface area contributed by atoms with Crippen LogP contribution in [0.2, 0.25) is 0 Å². The maximum absolute atomic E-state index is 11.3. The number of hydrogen-bond acceptors (Lipinski definition) is 5. The average molecular weight is 246 g/mol. The standard InChI is InChI=1S/C9H11O6P/c1-8(10)13-7-14-16(11,12)15-9-5-3-2-4-6-9/h2-6H,7H2,1H3,(H,11,12). The Hall–Kier alpha value is -1.36. The molecule has 1 aromatic carbocycles. The van der Waals surface area contributed by atoms with Gasteiger partial charge in [-0.2, -0.15) is 0 Å². The van der Waals surface area contributed by atoms with Crippen LogP contribution in [0, 0.1) is 0 Å². The second-order valence-electron chi connectivity index (χ2n) is 2.76. The third-order valence-electron chi connectivity index (χ3n) is 1.44. The van der Waals surface area contributed by atoms with Crippen molar-refractivity contribution in [3.63, 3.8) is 0 Å². The normalized spacial score (nSPS) is 13.9. The lowest BCUT2D eigenvalue weighted by Crippen LogP contribution is -2.05. The van der Waals surface area contributed by atoms with Gasteiger partial charge in [0.1, 0.15) is 5.75 Å². The fraction of sp³-hybridized carbons (Fsp3) is 0.222. The Bertz CT molecular complexity index is 390. The molecule has 0 amide bonds. The van der Waals surface area contributed by atoms with Crippen LogP contribution in [0.3, 0.4) is 0 Å². The topological polar surface area (TPSA) is 82.1 Å². The van der Waals surface area contributed by atoms with Crippen molar-refractivity contribution in [1.82, 2.24) is 0 Å². The summed E-state index contributed by atoms with van der Waals surface area (Å²) in [6, 6.07) is 8.01. The first-order chi connectivity index (χ1) is 7.49. The molecule has 6 nitrogen and oxygen atoms in total. The van der Waals surface area contributed by atoms with Crippen LogP contribution < -0.4 is 4.52 Å². The Morgan fingerprint density at radius 2 is 2.00 bits per heavy atom. The monoisotopic (exact) mass is 246 g/mol. The molecule has 1 atom stereocenters. The zero-order valence-electron chi connectivity index (χ0n) is 8.53. The van der Waals surface area contributed by atoms with E-state index in [0.29, 0.717) is 0 Å². The van der Waals surface area contributed by atoms with Gasteiger partial charge in [0.25, 0.3) is 0 Å². The van der Waals surface area contributed by atoms with Crippen molar-refractivity contribution in [1.29, 1.82) is 0 Å². The largest absolute Gasteiger partial charge is 0.530 e. The van der Waals surface area contributed by atoms with Crippen molar-refractivity contribution < 1.29 is 28.0 Å². The molecule has 0 saturated heterocycles. The zero-order chi connectivity index (χ0) is 12.0. The second kappa shape index (κ2) is 5.65. The fourth-order valence-corrected chi connectivity index (χ4v) is 1.44. The number of phosphoric ester groups is 1. The van der Waals surface area contributed by atoms with Crippen molar-refractivity contribution in [2.75, 3.05) is 6.79 Å². The summed E-state index contributed by atoms with van der Waals surface area (Å²) < 4.78 is 24.7. The number of rotatable bonds is 5. The minimum atomic E-state index is -4.25. The van der Waals surface area contributed by atoms with Crippen molar-refractivity contribution in [3.05, 3.63) is 30.3 Å². The molecule has 0 heterocycles. The van der Waals surface area contributed by atoms with E-state index in [1.54, 1.807) is 18.2 Å². The predicted octanol–water partition coefficient (Wildman–Crippen LogP) is 1.70. The lowest BCUT2D eigenvalue weighted by atomic mass is 10.3. The number of phosphoric acid groups is 1. The number of ether oxygens (including phenoxy) is 1. The van der Waals surface area contributed by atoms with E-state index < -0.39 is 20.6 Å². The predicted molar refractivity (Wildman–Crippen MR) is 54.6 cm³/mol. The van der Waals surface area contributed by atoms with Crippen molar-refractivity contribution in [2.45, 2.75) is 6.92 Å². The molecule has 0 radical (unpaired) electrons. The highest BCUT2D eigenvalue weighted by atomic mass is 31.2. The molecule has 1 N–H and O–H groups in total. The molecule has 88 valence electrons. The Kier molecular flexibility index (Phi) is 4.49. The smallest absolute Gasteiger partial charge is 0.438 e. The van der Waals surface area contributed by atoms with Crippen LogP contribution in [0.1, 0.15) is 6.92 Å². The van der Waals surface area contributed by atoms with Gasteiger partial charge in [-0.05, 0) is 12.1 Å². The molecule has 1 unspecified atom stereocenters. The highest BCUT2D eigenvalue weighted by Gasteiger charge is 2.23. The summed E-state index contributed by atoms with van der Waals surface area (Å²) in [6.07, 6.45) is 0. The van der Waals surface area contributed by atoms with E-state index in [4.69, 9.17) is 0 Å². The molecule has 0 aliphatic heterocycles. The van der Waals surface area contributed by atoms with Gasteiger partial charge in [0, 0.05) is 6.92 Å². The summed E-state index contributed by atoms with van der Waals surface area (Å²) in [4.78, 5) is 19.6. The quantitative estimate of drug-likeness (QED) is 0.483. The summed E-state index contributed by atoms with van der Waals surface area (Å²) in [5.74, 6) is -0.420. The van der Waals surface area contributed by atoms with Gasteiger partial charge in [0.05, 0.1) is 0 Å². The number of hydrogen-bond donors (Lipinski definition) is 1. The molecular formula is C9H11O6P. The van der Waals surface area contributed by atoms with Crippen LogP contribution in [0.4, 0.5) is 0 Å². The third kappa shape index (κ3) is 4.93. The number of carbonyl (C=O) groups excluding carboxylic acids is 1. The van der Waals surface area contributed by atoms with Gasteiger partial charge in [-0.25, -0.2) is 9.09 Å². The SMILES string of the molecule is CC(=O)OCOP(=O)(O)Oc1ccccc1. The summed E-state index contributed by atoms with van der Waals surface area (Å²) in [6.45, 7) is 0.527. The molecule has 0 bridgehead atoms. The Labute approximate surface area is 92.4 Å². The van der Waals surface area contributed by atoms with E-state index in [1.165, 1.54) is 12.1 Å². The molecule has 0 fully saturated rings. The summed E-state index contributed by atoms with van der Waals surface area (Å²) in [5, 5.41) is 0. The van der Waals surface area contributed by atoms with Gasteiger partial charge in [0.15, 0.2) is 0 Å². The minimum absolute atomic E-state index is 0.191. The molecule has 1 aromatic rings. The number of carbonyl (C=O) groups is 1. The first-order valence-electron chi connectivity index (χ1n) is 4.35. The summed E-state index contributed by atoms with van der Waals surface area (Å²) in [5.41, 5.74) is 0. The van der Waals surface area contributed by atoms with E-state index in [9.17, 15) is 14.3 Å². The highest BCUT2D eigenvalue weighted by molar-refractivity contribution is 7.47. The van der Waals surface area contributed by atoms with Crippen LogP contribution in [0.15, 0.2) is 30.3 Å². The fourth-order valence-electron chi connectivity index (χ4n) is 0.817. The van der Waals surface area contributed by atoms with Gasteiger partial charge < -0.3 is 9.26 Å². The molecule has 0 spiro atoms. The Balaban J connectivity index is 2.46. The first kappa shape index (κ1) is 12.7. The Morgan fingerprint density at radius 1 is 1.38 bits per heavy atom. The van der Waals surface area contributed by atoms with Gasteiger partial charge in [0.2, 0.25) is 6.79 Å². The summed E-state index contributed by atoms with van der Waals surface area (Å²) in [7, 11) is -4.25. The van der Waals surface area contributed by atoms with E-state index in [2.05, 4.69) is 13.8 Å². The Morgan fingerprint density at radius 3 is 2.56 bits per heavy atom. The van der Waals surface area contributed by atoms with E-state index >= 15 is 0 Å². The molecule has 1 rings (SSSR count). The van der Waals surface area contributed by atoms with Crippen LogP contribution in [-0.4, -0.2) is 17.7 Å². The van der Waals surface area contributed by atoms with Gasteiger partial charge >= 0.3 is 13.8 Å². The van der Waals surface area contributed by atoms with Crippen LogP contribution in [0.25, 0.3) is 0 Å². The maximum Gasteiger partial charge on any atom is 0.530 e. The highest BCUT2D eigenvalue weighted by Crippen LogP contribution is 2.43. The van der Waals surface area contributed by atoms with Crippen LogP contribution in [0.5, 0.6) is 5.75 Å². The molecule has 0 aliphatic rings. The van der Waals surface area contributed by atoms with Gasteiger partial charge in [-0.3, -0.25) is 9.69 Å². The van der Waals surface area contributed by atoms with E-state index in [-0.39, 0.29) is 5.75 Å².